The minimum Gasteiger partial charge on any atom is -0.481 e. The molecule has 0 saturated heterocycles. The van der Waals surface area contributed by atoms with Crippen LogP contribution in [0.15, 0.2) is 78.9 Å². The summed E-state index contributed by atoms with van der Waals surface area (Å²) in [4.78, 5) is 38.1. The highest BCUT2D eigenvalue weighted by molar-refractivity contribution is 5.87. The standard InChI is InChI=1S/C33H36N2O6/c1-21(40-19-22-10-3-2-4-11-22)31(32(38)34-29(18-30(36)37)23-12-9-13-23)35-33(39)41-20-28-26-16-7-5-14-24(26)25-15-6-8-17-27(25)28/h2-8,10-11,14-17,21,23,28-29,31H,9,12-13,18-20H2,1H3,(H,34,38)(H,35,39)(H,36,37). The Balaban J connectivity index is 1.27. The largest absolute Gasteiger partial charge is 0.481 e. The first-order chi connectivity index (χ1) is 19.9. The molecule has 5 rings (SSSR count). The number of rotatable bonds is 12. The second-order valence-electron chi connectivity index (χ2n) is 10.9. The van der Waals surface area contributed by atoms with Crippen LogP contribution in [0.4, 0.5) is 4.79 Å². The molecule has 1 fully saturated rings. The van der Waals surface area contributed by atoms with Crippen molar-refractivity contribution in [1.29, 1.82) is 0 Å². The van der Waals surface area contributed by atoms with Crippen LogP contribution in [0, 0.1) is 5.92 Å². The van der Waals surface area contributed by atoms with E-state index in [4.69, 9.17) is 9.47 Å². The summed E-state index contributed by atoms with van der Waals surface area (Å²) in [6, 6.07) is 24.1. The molecule has 3 aromatic rings. The molecule has 3 unspecified atom stereocenters. The molecule has 214 valence electrons. The van der Waals surface area contributed by atoms with Gasteiger partial charge >= 0.3 is 12.1 Å². The van der Waals surface area contributed by atoms with Gasteiger partial charge < -0.3 is 25.2 Å². The number of amides is 2. The summed E-state index contributed by atoms with van der Waals surface area (Å²) in [6.45, 7) is 2.07. The van der Waals surface area contributed by atoms with Gasteiger partial charge in [-0.1, -0.05) is 85.3 Å². The van der Waals surface area contributed by atoms with Gasteiger partial charge in [-0.3, -0.25) is 9.59 Å². The summed E-state index contributed by atoms with van der Waals surface area (Å²) in [6.07, 6.45) is 1.12. The Hall–Kier alpha value is -4.17. The first-order valence-electron chi connectivity index (χ1n) is 14.2. The maximum Gasteiger partial charge on any atom is 0.407 e. The van der Waals surface area contributed by atoms with Gasteiger partial charge in [0.05, 0.1) is 19.1 Å². The quantitative estimate of drug-likeness (QED) is 0.281. The Morgan fingerprint density at radius 3 is 2.07 bits per heavy atom. The summed E-state index contributed by atoms with van der Waals surface area (Å²) < 4.78 is 11.7. The van der Waals surface area contributed by atoms with Crippen molar-refractivity contribution in [3.8, 4) is 11.1 Å². The Morgan fingerprint density at radius 1 is 0.878 bits per heavy atom. The monoisotopic (exact) mass is 556 g/mol. The lowest BCUT2D eigenvalue weighted by molar-refractivity contribution is -0.138. The molecule has 2 amide bonds. The number of fused-ring (bicyclic) bond motifs is 3. The number of hydrogen-bond donors (Lipinski definition) is 3. The van der Waals surface area contributed by atoms with Gasteiger partial charge in [-0.05, 0) is 53.5 Å². The Bertz CT molecular complexity index is 1330. The molecule has 8 heteroatoms. The Morgan fingerprint density at radius 2 is 1.49 bits per heavy atom. The summed E-state index contributed by atoms with van der Waals surface area (Å²) in [5.41, 5.74) is 5.35. The predicted octanol–water partition coefficient (Wildman–Crippen LogP) is 5.26. The van der Waals surface area contributed by atoms with Gasteiger partial charge in [-0.15, -0.1) is 0 Å². The van der Waals surface area contributed by atoms with Crippen molar-refractivity contribution in [2.24, 2.45) is 5.92 Å². The number of carbonyl (C=O) groups is 3. The maximum atomic E-state index is 13.5. The van der Waals surface area contributed by atoms with Crippen molar-refractivity contribution in [2.45, 2.75) is 63.3 Å². The Labute approximate surface area is 240 Å². The van der Waals surface area contributed by atoms with Gasteiger partial charge in [-0.2, -0.15) is 0 Å². The summed E-state index contributed by atoms with van der Waals surface area (Å²) >= 11 is 0. The highest BCUT2D eigenvalue weighted by Gasteiger charge is 2.35. The minimum atomic E-state index is -1.08. The van der Waals surface area contributed by atoms with Crippen LogP contribution in [0.3, 0.4) is 0 Å². The molecule has 2 aliphatic rings. The van der Waals surface area contributed by atoms with Gasteiger partial charge in [0.2, 0.25) is 5.91 Å². The first-order valence-corrected chi connectivity index (χ1v) is 14.2. The summed E-state index contributed by atoms with van der Waals surface area (Å²) in [7, 11) is 0. The maximum absolute atomic E-state index is 13.5. The normalized spacial score (nSPS) is 16.4. The van der Waals surface area contributed by atoms with E-state index in [1.165, 1.54) is 0 Å². The lowest BCUT2D eigenvalue weighted by atomic mass is 9.78. The van der Waals surface area contributed by atoms with Gasteiger partial charge in [0, 0.05) is 12.0 Å². The molecule has 3 aromatic carbocycles. The van der Waals surface area contributed by atoms with Crippen molar-refractivity contribution >= 4 is 18.0 Å². The SMILES string of the molecule is CC(OCc1ccccc1)C(NC(=O)OCC1c2ccccc2-c2ccccc21)C(=O)NC(CC(=O)O)C1CCC1. The smallest absolute Gasteiger partial charge is 0.407 e. The van der Waals surface area contributed by atoms with Crippen LogP contribution in [-0.2, 0) is 25.7 Å². The van der Waals surface area contributed by atoms with Gasteiger partial charge in [-0.25, -0.2) is 4.79 Å². The molecule has 0 spiro atoms. The highest BCUT2D eigenvalue weighted by atomic mass is 16.5. The van der Waals surface area contributed by atoms with E-state index in [1.807, 2.05) is 66.7 Å². The zero-order valence-electron chi connectivity index (χ0n) is 23.1. The van der Waals surface area contributed by atoms with Gasteiger partial charge in [0.25, 0.3) is 0 Å². The van der Waals surface area contributed by atoms with Crippen LogP contribution in [0.5, 0.6) is 0 Å². The third kappa shape index (κ3) is 6.77. The third-order valence-corrected chi connectivity index (χ3v) is 8.17. The molecule has 41 heavy (non-hydrogen) atoms. The second kappa shape index (κ2) is 13.0. The summed E-state index contributed by atoms with van der Waals surface area (Å²) in [5, 5.41) is 15.0. The average Bonchev–Trinajstić information content (AvgIpc) is 3.26. The van der Waals surface area contributed by atoms with E-state index in [0.29, 0.717) is 0 Å². The molecular formula is C33H36N2O6. The lowest BCUT2D eigenvalue weighted by Gasteiger charge is -2.35. The fourth-order valence-corrected chi connectivity index (χ4v) is 5.70. The number of aliphatic carboxylic acids is 1. The number of carboxylic acids is 1. The molecule has 0 heterocycles. The molecule has 0 radical (unpaired) electrons. The van der Waals surface area contributed by atoms with Crippen molar-refractivity contribution in [3.63, 3.8) is 0 Å². The molecule has 0 bridgehead atoms. The van der Waals surface area contributed by atoms with Crippen LogP contribution >= 0.6 is 0 Å². The van der Waals surface area contributed by atoms with E-state index < -0.39 is 36.2 Å². The fourth-order valence-electron chi connectivity index (χ4n) is 5.70. The first kappa shape index (κ1) is 28.4. The number of carbonyl (C=O) groups excluding carboxylic acids is 2. The van der Waals surface area contributed by atoms with Gasteiger partial charge in [0.15, 0.2) is 0 Å². The number of nitrogens with one attached hydrogen (secondary N) is 2. The van der Waals surface area contributed by atoms with E-state index in [9.17, 15) is 19.5 Å². The van der Waals surface area contributed by atoms with Crippen LogP contribution in [0.1, 0.15) is 55.2 Å². The lowest BCUT2D eigenvalue weighted by Crippen LogP contribution is -2.57. The van der Waals surface area contributed by atoms with Crippen LogP contribution < -0.4 is 10.6 Å². The zero-order chi connectivity index (χ0) is 28.8. The van der Waals surface area contributed by atoms with E-state index in [2.05, 4.69) is 22.8 Å². The van der Waals surface area contributed by atoms with Crippen LogP contribution in [0.2, 0.25) is 0 Å². The van der Waals surface area contributed by atoms with Crippen molar-refractivity contribution < 1.29 is 29.0 Å². The van der Waals surface area contributed by atoms with Crippen molar-refractivity contribution in [2.75, 3.05) is 6.61 Å². The highest BCUT2D eigenvalue weighted by Crippen LogP contribution is 2.44. The molecule has 8 nitrogen and oxygen atoms in total. The minimum absolute atomic E-state index is 0.102. The van der Waals surface area contributed by atoms with Crippen LogP contribution in [0.25, 0.3) is 11.1 Å². The Kier molecular flexibility index (Phi) is 8.99. The molecule has 3 atom stereocenters. The van der Waals surface area contributed by atoms with Crippen molar-refractivity contribution in [1.82, 2.24) is 10.6 Å². The molecule has 3 N–H and O–H groups in total. The second-order valence-corrected chi connectivity index (χ2v) is 10.9. The number of alkyl carbamates (subject to hydrolysis) is 1. The number of ether oxygens (including phenoxy) is 2. The fraction of sp³-hybridized carbons (Fsp3) is 0.364. The molecule has 0 aromatic heterocycles. The third-order valence-electron chi connectivity index (χ3n) is 8.17. The molecule has 0 aliphatic heterocycles. The molecule has 1 saturated carbocycles. The van der Waals surface area contributed by atoms with Crippen LogP contribution in [-0.4, -0.2) is 47.9 Å². The van der Waals surface area contributed by atoms with E-state index >= 15 is 0 Å². The van der Waals surface area contributed by atoms with Crippen molar-refractivity contribution in [3.05, 3.63) is 95.6 Å². The number of hydrogen-bond acceptors (Lipinski definition) is 5. The average molecular weight is 557 g/mol. The van der Waals surface area contributed by atoms with Gasteiger partial charge in [0.1, 0.15) is 12.6 Å². The van der Waals surface area contributed by atoms with E-state index in [-0.39, 0.29) is 31.5 Å². The predicted molar refractivity (Wildman–Crippen MR) is 154 cm³/mol. The van der Waals surface area contributed by atoms with E-state index in [1.54, 1.807) is 6.92 Å². The molecular weight excluding hydrogens is 520 g/mol. The summed E-state index contributed by atoms with van der Waals surface area (Å²) in [5.74, 6) is -1.48. The molecule has 2 aliphatic carbocycles. The van der Waals surface area contributed by atoms with E-state index in [0.717, 1.165) is 47.1 Å². The number of carboxylic acid groups (broad SMARTS) is 1. The number of benzene rings is 3. The topological polar surface area (TPSA) is 114 Å². The zero-order valence-corrected chi connectivity index (χ0v) is 23.1.